The fourth-order valence-corrected chi connectivity index (χ4v) is 2.90. The lowest BCUT2D eigenvalue weighted by Gasteiger charge is -2.10. The molecule has 0 fully saturated rings. The minimum atomic E-state index is -0.368. The van der Waals surface area contributed by atoms with Gasteiger partial charge in [0.15, 0.2) is 17.5 Å². The van der Waals surface area contributed by atoms with E-state index in [0.717, 1.165) is 24.6 Å². The molecule has 6 heteroatoms. The second-order valence-electron chi connectivity index (χ2n) is 5.03. The Labute approximate surface area is 140 Å². The number of benzene rings is 1. The predicted octanol–water partition coefficient (Wildman–Crippen LogP) is 3.46. The van der Waals surface area contributed by atoms with Crippen LogP contribution in [0.25, 0.3) is 0 Å². The van der Waals surface area contributed by atoms with E-state index in [0.29, 0.717) is 6.54 Å². The summed E-state index contributed by atoms with van der Waals surface area (Å²) in [6.07, 6.45) is 0. The fraction of sp³-hybridized carbons (Fsp3) is 0.353. The summed E-state index contributed by atoms with van der Waals surface area (Å²) in [6, 6.07) is 9.10. The Morgan fingerprint density at radius 2 is 2.09 bits per heavy atom. The fourth-order valence-electron chi connectivity index (χ4n) is 2.07. The topological polar surface area (TPSA) is 45.7 Å². The zero-order chi connectivity index (χ0) is 16.7. The molecular weight excluding hydrogens is 313 g/mol. The van der Waals surface area contributed by atoms with Crippen molar-refractivity contribution in [2.45, 2.75) is 26.9 Å². The van der Waals surface area contributed by atoms with Gasteiger partial charge in [0.25, 0.3) is 0 Å². The number of aliphatic imine (C=N–C) groups is 1. The average Bonchev–Trinajstić information content (AvgIpc) is 2.95. The highest BCUT2D eigenvalue weighted by atomic mass is 32.1. The van der Waals surface area contributed by atoms with E-state index >= 15 is 0 Å². The number of halogens is 1. The highest BCUT2D eigenvalue weighted by Crippen LogP contribution is 2.18. The smallest absolute Gasteiger partial charge is 0.191 e. The molecule has 0 aliphatic rings. The molecule has 0 radical (unpaired) electrons. The predicted molar refractivity (Wildman–Crippen MR) is 93.7 cm³/mol. The van der Waals surface area contributed by atoms with Gasteiger partial charge in [0, 0.05) is 16.3 Å². The van der Waals surface area contributed by atoms with Crippen molar-refractivity contribution >= 4 is 17.3 Å². The number of nitrogens with one attached hydrogen (secondary N) is 2. The monoisotopic (exact) mass is 335 g/mol. The number of thiophene rings is 1. The molecule has 0 atom stereocenters. The number of nitrogens with zero attached hydrogens (tertiary/aromatic N) is 1. The van der Waals surface area contributed by atoms with Crippen LogP contribution in [0.4, 0.5) is 4.39 Å². The van der Waals surface area contributed by atoms with Crippen molar-refractivity contribution in [2.24, 2.45) is 4.99 Å². The van der Waals surface area contributed by atoms with Gasteiger partial charge in [-0.2, -0.15) is 0 Å². The molecule has 0 bridgehead atoms. The Morgan fingerprint density at radius 1 is 1.26 bits per heavy atom. The van der Waals surface area contributed by atoms with Crippen LogP contribution in [0.1, 0.15) is 22.2 Å². The lowest BCUT2D eigenvalue weighted by atomic mass is 10.2. The van der Waals surface area contributed by atoms with Crippen LogP contribution in [0.5, 0.6) is 5.75 Å². The average molecular weight is 335 g/mol. The molecule has 0 aliphatic heterocycles. The van der Waals surface area contributed by atoms with Gasteiger partial charge in [0.05, 0.1) is 20.2 Å². The molecule has 0 spiro atoms. The van der Waals surface area contributed by atoms with E-state index in [9.17, 15) is 4.39 Å². The number of methoxy groups -OCH3 is 1. The first-order valence-corrected chi connectivity index (χ1v) is 8.34. The van der Waals surface area contributed by atoms with Gasteiger partial charge in [-0.1, -0.05) is 6.07 Å². The van der Waals surface area contributed by atoms with Gasteiger partial charge in [0.1, 0.15) is 0 Å². The van der Waals surface area contributed by atoms with Crippen LogP contribution in [0.15, 0.2) is 35.3 Å². The largest absolute Gasteiger partial charge is 0.494 e. The second-order valence-corrected chi connectivity index (χ2v) is 6.40. The SMILES string of the molecule is CCNC(=NCc1ccc(OC)c(F)c1)NCc1ccc(C)s1. The number of rotatable bonds is 6. The van der Waals surface area contributed by atoms with Gasteiger partial charge in [-0.3, -0.25) is 0 Å². The molecule has 1 heterocycles. The summed E-state index contributed by atoms with van der Waals surface area (Å²) in [6.45, 7) is 6.00. The van der Waals surface area contributed by atoms with Crippen molar-refractivity contribution in [3.8, 4) is 5.75 Å². The van der Waals surface area contributed by atoms with Gasteiger partial charge in [-0.15, -0.1) is 11.3 Å². The zero-order valence-electron chi connectivity index (χ0n) is 13.6. The van der Waals surface area contributed by atoms with Crippen molar-refractivity contribution in [1.29, 1.82) is 0 Å². The maximum atomic E-state index is 13.7. The van der Waals surface area contributed by atoms with E-state index in [2.05, 4.69) is 34.7 Å². The van der Waals surface area contributed by atoms with Gasteiger partial charge < -0.3 is 15.4 Å². The summed E-state index contributed by atoms with van der Waals surface area (Å²) in [4.78, 5) is 7.04. The Kier molecular flexibility index (Phi) is 6.40. The standard InChI is InChI=1S/C17H22FN3OS/c1-4-19-17(21-11-14-7-5-12(2)23-14)20-10-13-6-8-16(22-3)15(18)9-13/h5-9H,4,10-11H2,1-3H3,(H2,19,20,21). The lowest BCUT2D eigenvalue weighted by molar-refractivity contribution is 0.386. The normalized spacial score (nSPS) is 11.4. The molecule has 1 aromatic heterocycles. The first kappa shape index (κ1) is 17.3. The van der Waals surface area contributed by atoms with Crippen molar-refractivity contribution in [1.82, 2.24) is 10.6 Å². The third-order valence-corrected chi connectivity index (χ3v) is 4.21. The highest BCUT2D eigenvalue weighted by molar-refractivity contribution is 7.11. The molecule has 1 aromatic carbocycles. The summed E-state index contributed by atoms with van der Waals surface area (Å²) in [7, 11) is 1.45. The molecule has 0 amide bonds. The highest BCUT2D eigenvalue weighted by Gasteiger charge is 2.04. The quantitative estimate of drug-likeness (QED) is 0.628. The third kappa shape index (κ3) is 5.25. The Morgan fingerprint density at radius 3 is 2.70 bits per heavy atom. The van der Waals surface area contributed by atoms with E-state index in [1.165, 1.54) is 22.9 Å². The number of hydrogen-bond donors (Lipinski definition) is 2. The molecule has 2 rings (SSSR count). The minimum Gasteiger partial charge on any atom is -0.494 e. The van der Waals surface area contributed by atoms with Gasteiger partial charge in [0.2, 0.25) is 0 Å². The molecule has 4 nitrogen and oxygen atoms in total. The summed E-state index contributed by atoms with van der Waals surface area (Å²) >= 11 is 1.76. The summed E-state index contributed by atoms with van der Waals surface area (Å²) in [5.74, 6) is 0.595. The van der Waals surface area contributed by atoms with Crippen LogP contribution in [-0.4, -0.2) is 19.6 Å². The number of hydrogen-bond acceptors (Lipinski definition) is 3. The van der Waals surface area contributed by atoms with Crippen LogP contribution < -0.4 is 15.4 Å². The van der Waals surface area contributed by atoms with Crippen molar-refractivity contribution < 1.29 is 9.13 Å². The first-order chi connectivity index (χ1) is 11.1. The molecule has 23 heavy (non-hydrogen) atoms. The Balaban J connectivity index is 1.98. The number of ether oxygens (including phenoxy) is 1. The Bertz CT molecular complexity index is 670. The number of guanidine groups is 1. The second kappa shape index (κ2) is 8.53. The molecule has 0 saturated carbocycles. The molecular formula is C17H22FN3OS. The van der Waals surface area contributed by atoms with Crippen LogP contribution >= 0.6 is 11.3 Å². The van der Waals surface area contributed by atoms with E-state index < -0.39 is 0 Å². The van der Waals surface area contributed by atoms with E-state index in [1.54, 1.807) is 17.4 Å². The number of aryl methyl sites for hydroxylation is 1. The minimum absolute atomic E-state index is 0.246. The van der Waals surface area contributed by atoms with Crippen molar-refractivity contribution in [3.63, 3.8) is 0 Å². The summed E-state index contributed by atoms with van der Waals surface area (Å²) in [5.41, 5.74) is 0.799. The Hall–Kier alpha value is -2.08. The van der Waals surface area contributed by atoms with E-state index in [4.69, 9.17) is 4.74 Å². The van der Waals surface area contributed by atoms with Crippen LogP contribution in [-0.2, 0) is 13.1 Å². The molecule has 124 valence electrons. The first-order valence-electron chi connectivity index (χ1n) is 7.52. The van der Waals surface area contributed by atoms with E-state index in [1.807, 2.05) is 13.0 Å². The van der Waals surface area contributed by atoms with Crippen LogP contribution in [0.2, 0.25) is 0 Å². The van der Waals surface area contributed by atoms with Crippen molar-refractivity contribution in [2.75, 3.05) is 13.7 Å². The molecule has 2 N–H and O–H groups in total. The summed E-state index contributed by atoms with van der Waals surface area (Å²) in [5, 5.41) is 6.48. The molecule has 0 unspecified atom stereocenters. The zero-order valence-corrected chi connectivity index (χ0v) is 14.5. The maximum absolute atomic E-state index is 13.7. The van der Waals surface area contributed by atoms with E-state index in [-0.39, 0.29) is 11.6 Å². The lowest BCUT2D eigenvalue weighted by Crippen LogP contribution is -2.36. The molecule has 2 aromatic rings. The maximum Gasteiger partial charge on any atom is 0.191 e. The summed E-state index contributed by atoms with van der Waals surface area (Å²) < 4.78 is 18.6. The van der Waals surface area contributed by atoms with Gasteiger partial charge in [-0.25, -0.2) is 9.38 Å². The molecule has 0 aliphatic carbocycles. The molecule has 0 saturated heterocycles. The van der Waals surface area contributed by atoms with Crippen LogP contribution in [0.3, 0.4) is 0 Å². The van der Waals surface area contributed by atoms with Crippen LogP contribution in [0, 0.1) is 12.7 Å². The third-order valence-electron chi connectivity index (χ3n) is 3.21. The van der Waals surface area contributed by atoms with Crippen molar-refractivity contribution in [3.05, 3.63) is 51.5 Å². The van der Waals surface area contributed by atoms with Gasteiger partial charge >= 0.3 is 0 Å². The van der Waals surface area contributed by atoms with Gasteiger partial charge in [-0.05, 0) is 43.7 Å².